The van der Waals surface area contributed by atoms with Gasteiger partial charge in [-0.3, -0.25) is 14.9 Å². The molecule has 0 bridgehead atoms. The molecule has 5 nitrogen and oxygen atoms in total. The van der Waals surface area contributed by atoms with Crippen molar-refractivity contribution in [1.82, 2.24) is 0 Å². The summed E-state index contributed by atoms with van der Waals surface area (Å²) in [4.78, 5) is 22.3. The van der Waals surface area contributed by atoms with E-state index in [-0.39, 0.29) is 22.0 Å². The third kappa shape index (κ3) is 3.51. The number of nitro groups is 1. The van der Waals surface area contributed by atoms with Crippen molar-refractivity contribution in [3.05, 3.63) is 67.7 Å². The Labute approximate surface area is 130 Å². The van der Waals surface area contributed by atoms with Gasteiger partial charge in [0.05, 0.1) is 26.2 Å². The molecule has 1 N–H and O–H groups in total. The lowest BCUT2D eigenvalue weighted by Crippen LogP contribution is -2.13. The standard InChI is InChI=1S/C14H10Cl2N2O3/c1-8-2-4-10(12(16)6-8)14(19)17-13-7-9(18(20)21)3-5-11(13)15/h2-7H,1H3,(H,17,19). The second-order valence-electron chi connectivity index (χ2n) is 4.36. The lowest BCUT2D eigenvalue weighted by atomic mass is 10.1. The number of carbonyl (C=O) groups excluding carboxylic acids is 1. The van der Waals surface area contributed by atoms with E-state index in [4.69, 9.17) is 23.2 Å². The molecule has 2 rings (SSSR count). The average molecular weight is 325 g/mol. The largest absolute Gasteiger partial charge is 0.320 e. The number of non-ortho nitro benzene ring substituents is 1. The topological polar surface area (TPSA) is 72.2 Å². The highest BCUT2D eigenvalue weighted by molar-refractivity contribution is 6.36. The van der Waals surface area contributed by atoms with Crippen LogP contribution in [0.1, 0.15) is 15.9 Å². The molecule has 0 saturated carbocycles. The molecule has 0 spiro atoms. The first kappa shape index (κ1) is 15.3. The van der Waals surface area contributed by atoms with Crippen LogP contribution in [-0.4, -0.2) is 10.8 Å². The first-order valence-corrected chi connectivity index (χ1v) is 6.65. The molecule has 0 aliphatic carbocycles. The van der Waals surface area contributed by atoms with Crippen LogP contribution in [0.2, 0.25) is 10.0 Å². The van der Waals surface area contributed by atoms with Gasteiger partial charge in [-0.1, -0.05) is 29.3 Å². The van der Waals surface area contributed by atoms with E-state index in [1.807, 2.05) is 6.92 Å². The van der Waals surface area contributed by atoms with Crippen LogP contribution in [0.3, 0.4) is 0 Å². The highest BCUT2D eigenvalue weighted by Gasteiger charge is 2.15. The van der Waals surface area contributed by atoms with Crippen molar-refractivity contribution < 1.29 is 9.72 Å². The normalized spacial score (nSPS) is 10.2. The molecule has 0 unspecified atom stereocenters. The third-order valence-electron chi connectivity index (χ3n) is 2.78. The van der Waals surface area contributed by atoms with E-state index in [2.05, 4.69) is 5.32 Å². The highest BCUT2D eigenvalue weighted by atomic mass is 35.5. The van der Waals surface area contributed by atoms with Crippen molar-refractivity contribution in [1.29, 1.82) is 0 Å². The van der Waals surface area contributed by atoms with Crippen LogP contribution in [-0.2, 0) is 0 Å². The number of rotatable bonds is 3. The maximum Gasteiger partial charge on any atom is 0.271 e. The third-order valence-corrected chi connectivity index (χ3v) is 3.42. The molecule has 0 aliphatic heterocycles. The molecule has 2 aromatic rings. The molecule has 7 heteroatoms. The summed E-state index contributed by atoms with van der Waals surface area (Å²) >= 11 is 11.9. The second kappa shape index (κ2) is 6.11. The van der Waals surface area contributed by atoms with Crippen molar-refractivity contribution >= 4 is 40.5 Å². The second-order valence-corrected chi connectivity index (χ2v) is 5.17. The Balaban J connectivity index is 2.31. The van der Waals surface area contributed by atoms with Gasteiger partial charge in [-0.25, -0.2) is 0 Å². The fourth-order valence-corrected chi connectivity index (χ4v) is 2.20. The van der Waals surface area contributed by atoms with Crippen molar-refractivity contribution in [2.24, 2.45) is 0 Å². The predicted octanol–water partition coefficient (Wildman–Crippen LogP) is 4.46. The Morgan fingerprint density at radius 3 is 2.48 bits per heavy atom. The van der Waals surface area contributed by atoms with Crippen LogP contribution >= 0.6 is 23.2 Å². The number of hydrogen-bond donors (Lipinski definition) is 1. The van der Waals surface area contributed by atoms with E-state index >= 15 is 0 Å². The van der Waals surface area contributed by atoms with E-state index in [0.29, 0.717) is 5.02 Å². The van der Waals surface area contributed by atoms with Gasteiger partial charge in [-0.15, -0.1) is 0 Å². The summed E-state index contributed by atoms with van der Waals surface area (Å²) in [5, 5.41) is 13.8. The van der Waals surface area contributed by atoms with Gasteiger partial charge in [0.1, 0.15) is 0 Å². The number of nitrogens with one attached hydrogen (secondary N) is 1. The molecule has 0 aliphatic rings. The summed E-state index contributed by atoms with van der Waals surface area (Å²) in [7, 11) is 0. The van der Waals surface area contributed by atoms with E-state index in [0.717, 1.165) is 5.56 Å². The molecule has 0 saturated heterocycles. The molecule has 0 fully saturated rings. The van der Waals surface area contributed by atoms with Gasteiger partial charge in [0, 0.05) is 12.1 Å². The monoisotopic (exact) mass is 324 g/mol. The van der Waals surface area contributed by atoms with Crippen LogP contribution < -0.4 is 5.32 Å². The maximum atomic E-state index is 12.2. The summed E-state index contributed by atoms with van der Waals surface area (Å²) in [5.74, 6) is -0.484. The smallest absolute Gasteiger partial charge is 0.271 e. The minimum absolute atomic E-state index is 0.160. The summed E-state index contributed by atoms with van der Waals surface area (Å²) in [6, 6.07) is 8.80. The molecular formula is C14H10Cl2N2O3. The van der Waals surface area contributed by atoms with Crippen LogP contribution in [0.5, 0.6) is 0 Å². The van der Waals surface area contributed by atoms with Crippen molar-refractivity contribution in [2.75, 3.05) is 5.32 Å². The molecular weight excluding hydrogens is 315 g/mol. The van der Waals surface area contributed by atoms with E-state index in [1.54, 1.807) is 18.2 Å². The van der Waals surface area contributed by atoms with Crippen molar-refractivity contribution in [2.45, 2.75) is 6.92 Å². The number of nitro benzene ring substituents is 1. The summed E-state index contributed by atoms with van der Waals surface area (Å²) < 4.78 is 0. The number of amides is 1. The summed E-state index contributed by atoms with van der Waals surface area (Å²) in [5.41, 5.74) is 1.19. The van der Waals surface area contributed by atoms with Crippen molar-refractivity contribution in [3.63, 3.8) is 0 Å². The van der Waals surface area contributed by atoms with Gasteiger partial charge in [0.15, 0.2) is 0 Å². The molecule has 108 valence electrons. The van der Waals surface area contributed by atoms with Gasteiger partial charge in [0.2, 0.25) is 0 Å². The summed E-state index contributed by atoms with van der Waals surface area (Å²) in [6.45, 7) is 1.85. The number of anilines is 1. The Hall–Kier alpha value is -2.11. The molecule has 0 atom stereocenters. The van der Waals surface area contributed by atoms with Gasteiger partial charge in [-0.05, 0) is 30.7 Å². The minimum atomic E-state index is -0.565. The lowest BCUT2D eigenvalue weighted by molar-refractivity contribution is -0.384. The lowest BCUT2D eigenvalue weighted by Gasteiger charge is -2.08. The number of nitrogens with zero attached hydrogens (tertiary/aromatic N) is 1. The maximum absolute atomic E-state index is 12.2. The Bertz CT molecular complexity index is 732. The predicted molar refractivity (Wildman–Crippen MR) is 82.2 cm³/mol. The van der Waals surface area contributed by atoms with Gasteiger partial charge >= 0.3 is 0 Å². The van der Waals surface area contributed by atoms with Gasteiger partial charge in [0.25, 0.3) is 11.6 Å². The number of hydrogen-bond acceptors (Lipinski definition) is 3. The fraction of sp³-hybridized carbons (Fsp3) is 0.0714. The van der Waals surface area contributed by atoms with E-state index in [9.17, 15) is 14.9 Å². The molecule has 21 heavy (non-hydrogen) atoms. The van der Waals surface area contributed by atoms with Crippen LogP contribution in [0.15, 0.2) is 36.4 Å². The molecule has 0 heterocycles. The van der Waals surface area contributed by atoms with Crippen molar-refractivity contribution in [3.8, 4) is 0 Å². The Morgan fingerprint density at radius 1 is 1.14 bits per heavy atom. The minimum Gasteiger partial charge on any atom is -0.320 e. The zero-order valence-corrected chi connectivity index (χ0v) is 12.4. The van der Waals surface area contributed by atoms with Crippen LogP contribution in [0.25, 0.3) is 0 Å². The number of aryl methyl sites for hydroxylation is 1. The number of benzene rings is 2. The summed E-state index contributed by atoms with van der Waals surface area (Å²) in [6.07, 6.45) is 0. The number of carbonyl (C=O) groups is 1. The first-order chi connectivity index (χ1) is 9.88. The SMILES string of the molecule is Cc1ccc(C(=O)Nc2cc([N+](=O)[O-])ccc2Cl)c(Cl)c1. The number of halogens is 2. The van der Waals surface area contributed by atoms with E-state index in [1.165, 1.54) is 18.2 Å². The molecule has 0 radical (unpaired) electrons. The van der Waals surface area contributed by atoms with Gasteiger partial charge < -0.3 is 5.32 Å². The zero-order chi connectivity index (χ0) is 15.6. The Morgan fingerprint density at radius 2 is 1.86 bits per heavy atom. The Kier molecular flexibility index (Phi) is 4.45. The first-order valence-electron chi connectivity index (χ1n) is 5.90. The zero-order valence-electron chi connectivity index (χ0n) is 10.9. The highest BCUT2D eigenvalue weighted by Crippen LogP contribution is 2.28. The average Bonchev–Trinajstić information content (AvgIpc) is 2.40. The van der Waals surface area contributed by atoms with Crippen LogP contribution in [0, 0.1) is 17.0 Å². The quantitative estimate of drug-likeness (QED) is 0.669. The fourth-order valence-electron chi connectivity index (χ4n) is 1.72. The van der Waals surface area contributed by atoms with Gasteiger partial charge in [-0.2, -0.15) is 0 Å². The molecule has 1 amide bonds. The molecule has 0 aromatic heterocycles. The van der Waals surface area contributed by atoms with Crippen LogP contribution in [0.4, 0.5) is 11.4 Å². The van der Waals surface area contributed by atoms with E-state index < -0.39 is 10.8 Å². The molecule has 2 aromatic carbocycles.